The molecule has 2 atom stereocenters. The van der Waals surface area contributed by atoms with Gasteiger partial charge in [-0.1, -0.05) is 32.0 Å². The first-order valence-corrected chi connectivity index (χ1v) is 5.90. The van der Waals surface area contributed by atoms with Crippen molar-refractivity contribution >= 4 is 0 Å². The van der Waals surface area contributed by atoms with Gasteiger partial charge in [0.2, 0.25) is 0 Å². The molecule has 0 aliphatic carbocycles. The van der Waals surface area contributed by atoms with Gasteiger partial charge in [0.15, 0.2) is 0 Å². The van der Waals surface area contributed by atoms with Crippen molar-refractivity contribution in [1.82, 2.24) is 0 Å². The number of hydrogen-bond acceptors (Lipinski definition) is 2. The molecule has 0 saturated heterocycles. The molecule has 0 heterocycles. The van der Waals surface area contributed by atoms with Crippen LogP contribution in [-0.2, 0) is 0 Å². The third-order valence-electron chi connectivity index (χ3n) is 3.88. The van der Waals surface area contributed by atoms with Gasteiger partial charge >= 0.3 is 0 Å². The Balaban J connectivity index is 3.13. The van der Waals surface area contributed by atoms with Crippen molar-refractivity contribution in [3.63, 3.8) is 0 Å². The van der Waals surface area contributed by atoms with E-state index < -0.39 is 6.10 Å². The first-order chi connectivity index (χ1) is 7.46. The smallest absolute Gasteiger partial charge is 0.0858 e. The summed E-state index contributed by atoms with van der Waals surface area (Å²) in [7, 11) is 0. The molecule has 0 aliphatic rings. The SMILES string of the molecule is CCC(C)(CN)C(O)c1cccc(C)c1C. The van der Waals surface area contributed by atoms with Crippen LogP contribution in [0.1, 0.15) is 43.1 Å². The molecule has 0 aliphatic heterocycles. The molecule has 1 aromatic rings. The fourth-order valence-corrected chi connectivity index (χ4v) is 1.89. The van der Waals surface area contributed by atoms with Gasteiger partial charge in [-0.3, -0.25) is 0 Å². The van der Waals surface area contributed by atoms with Crippen LogP contribution >= 0.6 is 0 Å². The largest absolute Gasteiger partial charge is 0.388 e. The normalized spacial score (nSPS) is 16.9. The summed E-state index contributed by atoms with van der Waals surface area (Å²) >= 11 is 0. The molecule has 0 spiro atoms. The Morgan fingerprint density at radius 1 is 1.38 bits per heavy atom. The highest BCUT2D eigenvalue weighted by atomic mass is 16.3. The molecular formula is C14H23NO. The van der Waals surface area contributed by atoms with Crippen molar-refractivity contribution in [2.24, 2.45) is 11.1 Å². The van der Waals surface area contributed by atoms with E-state index in [2.05, 4.69) is 26.8 Å². The van der Waals surface area contributed by atoms with E-state index in [0.717, 1.165) is 12.0 Å². The second-order valence-electron chi connectivity index (χ2n) is 4.90. The third kappa shape index (κ3) is 2.28. The van der Waals surface area contributed by atoms with Gasteiger partial charge in [-0.15, -0.1) is 0 Å². The van der Waals surface area contributed by atoms with Crippen LogP contribution in [0.4, 0.5) is 0 Å². The van der Waals surface area contributed by atoms with Gasteiger partial charge in [0.25, 0.3) is 0 Å². The van der Waals surface area contributed by atoms with E-state index in [4.69, 9.17) is 5.73 Å². The maximum atomic E-state index is 10.5. The third-order valence-corrected chi connectivity index (χ3v) is 3.88. The number of aliphatic hydroxyl groups is 1. The lowest BCUT2D eigenvalue weighted by Gasteiger charge is -2.33. The number of aliphatic hydroxyl groups excluding tert-OH is 1. The molecule has 0 aromatic heterocycles. The van der Waals surface area contributed by atoms with Gasteiger partial charge in [-0.25, -0.2) is 0 Å². The topological polar surface area (TPSA) is 46.2 Å². The van der Waals surface area contributed by atoms with E-state index in [-0.39, 0.29) is 5.41 Å². The summed E-state index contributed by atoms with van der Waals surface area (Å²) < 4.78 is 0. The first-order valence-electron chi connectivity index (χ1n) is 5.90. The van der Waals surface area contributed by atoms with E-state index in [1.807, 2.05) is 19.1 Å². The van der Waals surface area contributed by atoms with Crippen molar-refractivity contribution in [1.29, 1.82) is 0 Å². The molecule has 16 heavy (non-hydrogen) atoms. The Morgan fingerprint density at radius 3 is 2.50 bits per heavy atom. The van der Waals surface area contributed by atoms with Gasteiger partial charge in [0.05, 0.1) is 6.10 Å². The van der Waals surface area contributed by atoms with Gasteiger partial charge in [-0.05, 0) is 37.0 Å². The molecule has 0 amide bonds. The minimum atomic E-state index is -0.484. The lowest BCUT2D eigenvalue weighted by Crippen LogP contribution is -2.33. The Kier molecular flexibility index (Phi) is 4.11. The predicted octanol–water partition coefficient (Wildman–Crippen LogP) is 2.71. The van der Waals surface area contributed by atoms with Crippen LogP contribution in [0.2, 0.25) is 0 Å². The molecule has 90 valence electrons. The van der Waals surface area contributed by atoms with Crippen LogP contribution in [0, 0.1) is 19.3 Å². The molecule has 0 fully saturated rings. The molecule has 3 N–H and O–H groups in total. The Labute approximate surface area is 98.5 Å². The van der Waals surface area contributed by atoms with Crippen molar-refractivity contribution in [3.8, 4) is 0 Å². The summed E-state index contributed by atoms with van der Waals surface area (Å²) in [5.41, 5.74) is 8.94. The molecule has 0 bridgehead atoms. The molecular weight excluding hydrogens is 198 g/mol. The molecule has 0 saturated carbocycles. The monoisotopic (exact) mass is 221 g/mol. The molecule has 2 unspecified atom stereocenters. The van der Waals surface area contributed by atoms with Crippen LogP contribution in [0.5, 0.6) is 0 Å². The summed E-state index contributed by atoms with van der Waals surface area (Å²) in [5, 5.41) is 10.5. The van der Waals surface area contributed by atoms with Gasteiger partial charge in [0, 0.05) is 12.0 Å². The highest BCUT2D eigenvalue weighted by Gasteiger charge is 2.31. The van der Waals surface area contributed by atoms with Crippen molar-refractivity contribution in [2.45, 2.75) is 40.2 Å². The van der Waals surface area contributed by atoms with Gasteiger partial charge in [0.1, 0.15) is 0 Å². The fraction of sp³-hybridized carbons (Fsp3) is 0.571. The van der Waals surface area contributed by atoms with Crippen molar-refractivity contribution < 1.29 is 5.11 Å². The van der Waals surface area contributed by atoms with E-state index in [1.165, 1.54) is 11.1 Å². The average molecular weight is 221 g/mol. The minimum absolute atomic E-state index is 0.238. The lowest BCUT2D eigenvalue weighted by molar-refractivity contribution is 0.0386. The zero-order valence-corrected chi connectivity index (χ0v) is 10.7. The van der Waals surface area contributed by atoms with E-state index >= 15 is 0 Å². The van der Waals surface area contributed by atoms with Crippen molar-refractivity contribution in [2.75, 3.05) is 6.54 Å². The summed E-state index contributed by atoms with van der Waals surface area (Å²) in [6, 6.07) is 6.06. The minimum Gasteiger partial charge on any atom is -0.388 e. The molecule has 0 radical (unpaired) electrons. The predicted molar refractivity (Wildman–Crippen MR) is 68.3 cm³/mol. The highest BCUT2D eigenvalue weighted by Crippen LogP contribution is 2.37. The number of hydrogen-bond donors (Lipinski definition) is 2. The number of aryl methyl sites for hydroxylation is 1. The van der Waals surface area contributed by atoms with Gasteiger partial charge in [-0.2, -0.15) is 0 Å². The molecule has 1 rings (SSSR count). The highest BCUT2D eigenvalue weighted by molar-refractivity contribution is 5.35. The quantitative estimate of drug-likeness (QED) is 0.821. The zero-order valence-electron chi connectivity index (χ0n) is 10.7. The van der Waals surface area contributed by atoms with E-state index in [9.17, 15) is 5.11 Å². The standard InChI is InChI=1S/C14H23NO/c1-5-14(4,9-15)13(16)12-8-6-7-10(2)11(12)3/h6-8,13,16H,5,9,15H2,1-4H3. The van der Waals surface area contributed by atoms with Crippen LogP contribution in [-0.4, -0.2) is 11.7 Å². The van der Waals surface area contributed by atoms with E-state index in [0.29, 0.717) is 6.54 Å². The summed E-state index contributed by atoms with van der Waals surface area (Å²) in [5.74, 6) is 0. The van der Waals surface area contributed by atoms with E-state index in [1.54, 1.807) is 0 Å². The number of rotatable bonds is 4. The zero-order chi connectivity index (χ0) is 12.3. The van der Waals surface area contributed by atoms with Gasteiger partial charge < -0.3 is 10.8 Å². The summed E-state index contributed by atoms with van der Waals surface area (Å²) in [6.07, 6.45) is 0.389. The Hall–Kier alpha value is -0.860. The molecule has 1 aromatic carbocycles. The Morgan fingerprint density at radius 2 is 2.00 bits per heavy atom. The maximum Gasteiger partial charge on any atom is 0.0858 e. The maximum absolute atomic E-state index is 10.5. The molecule has 2 heteroatoms. The van der Waals surface area contributed by atoms with Crippen LogP contribution < -0.4 is 5.73 Å². The average Bonchev–Trinajstić information content (AvgIpc) is 2.31. The number of nitrogens with two attached hydrogens (primary N) is 1. The second kappa shape index (κ2) is 4.98. The van der Waals surface area contributed by atoms with Crippen LogP contribution in [0.3, 0.4) is 0 Å². The molecule has 2 nitrogen and oxygen atoms in total. The summed E-state index contributed by atoms with van der Waals surface area (Å²) in [4.78, 5) is 0. The number of benzene rings is 1. The van der Waals surface area contributed by atoms with Crippen molar-refractivity contribution in [3.05, 3.63) is 34.9 Å². The van der Waals surface area contributed by atoms with Crippen LogP contribution in [0.25, 0.3) is 0 Å². The Bertz CT molecular complexity index is 356. The second-order valence-corrected chi connectivity index (χ2v) is 4.90. The fourth-order valence-electron chi connectivity index (χ4n) is 1.89. The summed E-state index contributed by atoms with van der Waals surface area (Å²) in [6.45, 7) is 8.73. The lowest BCUT2D eigenvalue weighted by atomic mass is 9.77. The van der Waals surface area contributed by atoms with Crippen LogP contribution in [0.15, 0.2) is 18.2 Å². The first kappa shape index (κ1) is 13.2.